The average Bonchev–Trinajstić information content (AvgIpc) is 3.07. The second kappa shape index (κ2) is 8.67. The van der Waals surface area contributed by atoms with Crippen molar-refractivity contribution >= 4 is 17.7 Å². The van der Waals surface area contributed by atoms with Crippen molar-refractivity contribution in [2.45, 2.75) is 29.8 Å². The van der Waals surface area contributed by atoms with Crippen molar-refractivity contribution in [3.63, 3.8) is 0 Å². The standard InChI is InChI=1S/C25H19F3N2OS/c1-16-23(32-20-8-4-3-5-9-20)17(2)30(29-16)24(31)22-11-7-6-10-21(22)18-12-14-19(15-13-18)25(26,27)28/h3-15H,1-2H3. The molecule has 0 atom stereocenters. The van der Waals surface area contributed by atoms with Crippen molar-refractivity contribution in [3.05, 3.63) is 101 Å². The average molecular weight is 453 g/mol. The van der Waals surface area contributed by atoms with Crippen LogP contribution in [0.5, 0.6) is 0 Å². The summed E-state index contributed by atoms with van der Waals surface area (Å²) < 4.78 is 40.1. The van der Waals surface area contributed by atoms with Crippen molar-refractivity contribution in [1.29, 1.82) is 0 Å². The molecule has 0 bridgehead atoms. The van der Waals surface area contributed by atoms with E-state index in [-0.39, 0.29) is 5.91 Å². The van der Waals surface area contributed by atoms with Gasteiger partial charge in [0.25, 0.3) is 5.91 Å². The van der Waals surface area contributed by atoms with E-state index in [1.165, 1.54) is 28.6 Å². The molecular formula is C25H19F3N2OS. The Morgan fingerprint density at radius 3 is 2.16 bits per heavy atom. The highest BCUT2D eigenvalue weighted by Gasteiger charge is 2.30. The van der Waals surface area contributed by atoms with Crippen LogP contribution in [0.4, 0.5) is 13.2 Å². The summed E-state index contributed by atoms with van der Waals surface area (Å²) in [6, 6.07) is 21.5. The van der Waals surface area contributed by atoms with Gasteiger partial charge in [0.05, 0.1) is 21.8 Å². The van der Waals surface area contributed by atoms with Crippen LogP contribution in [0.2, 0.25) is 0 Å². The normalized spacial score (nSPS) is 11.5. The van der Waals surface area contributed by atoms with Crippen LogP contribution in [0.3, 0.4) is 0 Å². The Labute approximate surface area is 187 Å². The molecule has 4 aromatic rings. The maximum absolute atomic E-state index is 13.4. The Bertz CT molecular complexity index is 1260. The summed E-state index contributed by atoms with van der Waals surface area (Å²) in [6.45, 7) is 3.69. The van der Waals surface area contributed by atoms with Crippen LogP contribution in [0, 0.1) is 13.8 Å². The molecule has 0 fully saturated rings. The molecular weight excluding hydrogens is 433 g/mol. The molecule has 3 aromatic carbocycles. The molecule has 0 unspecified atom stereocenters. The summed E-state index contributed by atoms with van der Waals surface area (Å²) in [7, 11) is 0. The molecule has 0 N–H and O–H groups in total. The van der Waals surface area contributed by atoms with E-state index in [4.69, 9.17) is 0 Å². The number of nitrogens with zero attached hydrogens (tertiary/aromatic N) is 2. The van der Waals surface area contributed by atoms with Gasteiger partial charge in [-0.2, -0.15) is 23.0 Å². The van der Waals surface area contributed by atoms with Gasteiger partial charge >= 0.3 is 6.18 Å². The highest BCUT2D eigenvalue weighted by Crippen LogP contribution is 2.34. The lowest BCUT2D eigenvalue weighted by molar-refractivity contribution is -0.137. The number of halogens is 3. The summed E-state index contributed by atoms with van der Waals surface area (Å²) in [5, 5.41) is 4.46. The third kappa shape index (κ3) is 4.34. The predicted octanol–water partition coefficient (Wildman–Crippen LogP) is 7.03. The Morgan fingerprint density at radius 2 is 1.50 bits per heavy atom. The third-order valence-corrected chi connectivity index (χ3v) is 6.36. The van der Waals surface area contributed by atoms with Crippen molar-refractivity contribution < 1.29 is 18.0 Å². The lowest BCUT2D eigenvalue weighted by Crippen LogP contribution is -2.16. The molecule has 4 rings (SSSR count). The lowest BCUT2D eigenvalue weighted by Gasteiger charge is -2.12. The van der Waals surface area contributed by atoms with Gasteiger partial charge in [0.2, 0.25) is 0 Å². The minimum Gasteiger partial charge on any atom is -0.267 e. The maximum atomic E-state index is 13.4. The molecule has 1 aromatic heterocycles. The summed E-state index contributed by atoms with van der Waals surface area (Å²) in [4.78, 5) is 15.4. The fourth-order valence-corrected chi connectivity index (χ4v) is 4.41. The number of benzene rings is 3. The molecule has 0 aliphatic rings. The van der Waals surface area contributed by atoms with E-state index in [9.17, 15) is 18.0 Å². The van der Waals surface area contributed by atoms with E-state index in [1.54, 1.807) is 24.3 Å². The number of hydrogen-bond donors (Lipinski definition) is 0. The van der Waals surface area contributed by atoms with Crippen LogP contribution in [0.25, 0.3) is 11.1 Å². The summed E-state index contributed by atoms with van der Waals surface area (Å²) in [5.41, 5.74) is 2.17. The van der Waals surface area contributed by atoms with Crippen molar-refractivity contribution in [2.24, 2.45) is 0 Å². The van der Waals surface area contributed by atoms with Crippen LogP contribution in [0.15, 0.2) is 88.7 Å². The first-order valence-corrected chi connectivity index (χ1v) is 10.7. The Morgan fingerprint density at radius 1 is 0.875 bits per heavy atom. The first-order valence-electron chi connectivity index (χ1n) is 9.86. The highest BCUT2D eigenvalue weighted by molar-refractivity contribution is 7.99. The first-order chi connectivity index (χ1) is 15.3. The van der Waals surface area contributed by atoms with Crippen molar-refractivity contribution in [1.82, 2.24) is 9.78 Å². The van der Waals surface area contributed by atoms with Crippen LogP contribution in [-0.4, -0.2) is 15.7 Å². The highest BCUT2D eigenvalue weighted by atomic mass is 32.2. The molecule has 0 aliphatic heterocycles. The summed E-state index contributed by atoms with van der Waals surface area (Å²) in [5.74, 6) is -0.332. The number of aryl methyl sites for hydroxylation is 1. The Balaban J connectivity index is 1.70. The largest absolute Gasteiger partial charge is 0.416 e. The van der Waals surface area contributed by atoms with Gasteiger partial charge < -0.3 is 0 Å². The zero-order valence-electron chi connectivity index (χ0n) is 17.4. The zero-order chi connectivity index (χ0) is 22.9. The molecule has 0 saturated carbocycles. The van der Waals surface area contributed by atoms with Crippen molar-refractivity contribution in [3.8, 4) is 11.1 Å². The number of rotatable bonds is 4. The van der Waals surface area contributed by atoms with Gasteiger partial charge in [-0.15, -0.1) is 0 Å². The van der Waals surface area contributed by atoms with E-state index < -0.39 is 11.7 Å². The van der Waals surface area contributed by atoms with Gasteiger partial charge in [0.1, 0.15) is 0 Å². The van der Waals surface area contributed by atoms with Crippen LogP contribution >= 0.6 is 11.8 Å². The van der Waals surface area contributed by atoms with E-state index >= 15 is 0 Å². The molecule has 0 aliphatic carbocycles. The SMILES string of the molecule is Cc1nn(C(=O)c2ccccc2-c2ccc(C(F)(F)F)cc2)c(C)c1Sc1ccccc1. The number of aromatic nitrogens is 2. The van der Waals surface area contributed by atoms with E-state index in [0.29, 0.717) is 22.4 Å². The van der Waals surface area contributed by atoms with Gasteiger partial charge in [0, 0.05) is 10.5 Å². The van der Waals surface area contributed by atoms with Crippen LogP contribution < -0.4 is 0 Å². The Kier molecular flexibility index (Phi) is 5.93. The van der Waals surface area contributed by atoms with E-state index in [1.807, 2.05) is 44.2 Å². The molecule has 0 radical (unpaired) electrons. The smallest absolute Gasteiger partial charge is 0.267 e. The molecule has 7 heteroatoms. The topological polar surface area (TPSA) is 34.9 Å². The van der Waals surface area contributed by atoms with Gasteiger partial charge in [-0.25, -0.2) is 0 Å². The van der Waals surface area contributed by atoms with Crippen LogP contribution in [0.1, 0.15) is 27.3 Å². The number of carbonyl (C=O) groups excluding carboxylic acids is 1. The number of hydrogen-bond acceptors (Lipinski definition) is 3. The molecule has 3 nitrogen and oxygen atoms in total. The molecule has 0 saturated heterocycles. The fourth-order valence-electron chi connectivity index (χ4n) is 3.45. The van der Waals surface area contributed by atoms with E-state index in [2.05, 4.69) is 5.10 Å². The molecule has 0 amide bonds. The predicted molar refractivity (Wildman–Crippen MR) is 119 cm³/mol. The van der Waals surface area contributed by atoms with Gasteiger partial charge in [-0.3, -0.25) is 4.79 Å². The van der Waals surface area contributed by atoms with Crippen molar-refractivity contribution in [2.75, 3.05) is 0 Å². The molecule has 32 heavy (non-hydrogen) atoms. The van der Waals surface area contributed by atoms with Gasteiger partial charge in [0.15, 0.2) is 0 Å². The second-order valence-corrected chi connectivity index (χ2v) is 8.34. The summed E-state index contributed by atoms with van der Waals surface area (Å²) >= 11 is 1.54. The minimum absolute atomic E-state index is 0.332. The third-order valence-electron chi connectivity index (χ3n) is 5.06. The second-order valence-electron chi connectivity index (χ2n) is 7.25. The Hall–Kier alpha value is -3.32. The van der Waals surface area contributed by atoms with Crippen LogP contribution in [-0.2, 0) is 6.18 Å². The van der Waals surface area contributed by atoms with Gasteiger partial charge in [-0.05, 0) is 55.3 Å². The molecule has 0 spiro atoms. The number of carbonyl (C=O) groups is 1. The first kappa shape index (κ1) is 21.9. The van der Waals surface area contributed by atoms with E-state index in [0.717, 1.165) is 27.6 Å². The fraction of sp³-hybridized carbons (Fsp3) is 0.120. The zero-order valence-corrected chi connectivity index (χ0v) is 18.2. The lowest BCUT2D eigenvalue weighted by atomic mass is 9.98. The van der Waals surface area contributed by atoms with Gasteiger partial charge in [-0.1, -0.05) is 60.3 Å². The number of alkyl halides is 3. The summed E-state index contributed by atoms with van der Waals surface area (Å²) in [6.07, 6.45) is -4.41. The molecule has 162 valence electrons. The monoisotopic (exact) mass is 452 g/mol. The molecule has 1 heterocycles. The quantitative estimate of drug-likeness (QED) is 0.334. The maximum Gasteiger partial charge on any atom is 0.416 e. The minimum atomic E-state index is -4.41.